The van der Waals surface area contributed by atoms with Crippen molar-refractivity contribution in [3.05, 3.63) is 27.7 Å². The van der Waals surface area contributed by atoms with Crippen molar-refractivity contribution in [1.82, 2.24) is 5.32 Å². The van der Waals surface area contributed by atoms with Crippen LogP contribution in [-0.4, -0.2) is 20.4 Å². The zero-order valence-corrected chi connectivity index (χ0v) is 14.2. The highest BCUT2D eigenvalue weighted by Gasteiger charge is 2.47. The molecular formula is C12H11BrClF2NO3S. The number of carbonyl (C=O) groups is 1. The topological polar surface area (TPSA) is 63.2 Å². The third-order valence-electron chi connectivity index (χ3n) is 3.42. The van der Waals surface area contributed by atoms with E-state index in [-0.39, 0.29) is 15.9 Å². The summed E-state index contributed by atoms with van der Waals surface area (Å²) < 4.78 is 50.3. The molecular weight excluding hydrogens is 392 g/mol. The molecule has 1 aromatic carbocycles. The lowest BCUT2D eigenvalue weighted by molar-refractivity contribution is 0.0937. The van der Waals surface area contributed by atoms with Gasteiger partial charge in [0, 0.05) is 21.2 Å². The molecule has 2 rings (SSSR count). The van der Waals surface area contributed by atoms with Crippen molar-refractivity contribution < 1.29 is 22.0 Å². The number of benzene rings is 1. The summed E-state index contributed by atoms with van der Waals surface area (Å²) in [5.41, 5.74) is -1.10. The second kappa shape index (κ2) is 5.17. The zero-order valence-electron chi connectivity index (χ0n) is 11.0. The van der Waals surface area contributed by atoms with Crippen molar-refractivity contribution in [1.29, 1.82) is 0 Å². The summed E-state index contributed by atoms with van der Waals surface area (Å²) in [6.45, 7) is 3.78. The quantitative estimate of drug-likeness (QED) is 0.790. The van der Waals surface area contributed by atoms with Crippen molar-refractivity contribution in [2.75, 3.05) is 0 Å². The van der Waals surface area contributed by atoms with Crippen LogP contribution in [0.25, 0.3) is 0 Å². The molecule has 1 fully saturated rings. The van der Waals surface area contributed by atoms with Gasteiger partial charge >= 0.3 is 0 Å². The Balaban J connectivity index is 2.47. The van der Waals surface area contributed by atoms with E-state index in [1.54, 1.807) is 0 Å². The van der Waals surface area contributed by atoms with Crippen LogP contribution in [0.5, 0.6) is 0 Å². The van der Waals surface area contributed by atoms with E-state index >= 15 is 0 Å². The van der Waals surface area contributed by atoms with Crippen LogP contribution in [0, 0.1) is 17.0 Å². The first kappa shape index (κ1) is 16.6. The summed E-state index contributed by atoms with van der Waals surface area (Å²) in [6.07, 6.45) is 0.680. The van der Waals surface area contributed by atoms with Gasteiger partial charge in [0.15, 0.2) is 5.82 Å². The Morgan fingerprint density at radius 2 is 2.00 bits per heavy atom. The highest BCUT2D eigenvalue weighted by atomic mass is 79.9. The maximum atomic E-state index is 14.2. The fourth-order valence-electron chi connectivity index (χ4n) is 1.95. The summed E-state index contributed by atoms with van der Waals surface area (Å²) in [6, 6.07) is 0.495. The van der Waals surface area contributed by atoms with Crippen LogP contribution >= 0.6 is 26.6 Å². The molecule has 1 saturated carbocycles. The molecule has 0 heterocycles. The van der Waals surface area contributed by atoms with E-state index in [4.69, 9.17) is 10.7 Å². The SMILES string of the molecule is CC1(C)CC1NC(=O)c1c(F)cc(Br)c(S(=O)(=O)Cl)c1F. The lowest BCUT2D eigenvalue weighted by Crippen LogP contribution is -2.30. The summed E-state index contributed by atoms with van der Waals surface area (Å²) in [5, 5.41) is 2.47. The maximum absolute atomic E-state index is 14.2. The van der Waals surface area contributed by atoms with Gasteiger partial charge < -0.3 is 5.32 Å². The molecule has 0 aromatic heterocycles. The van der Waals surface area contributed by atoms with E-state index in [2.05, 4.69) is 21.2 Å². The highest BCUT2D eigenvalue weighted by molar-refractivity contribution is 9.10. The van der Waals surface area contributed by atoms with E-state index in [9.17, 15) is 22.0 Å². The number of amides is 1. The Hall–Kier alpha value is -0.730. The molecule has 0 saturated heterocycles. The first-order valence-electron chi connectivity index (χ1n) is 5.88. The lowest BCUT2D eigenvalue weighted by atomic mass is 10.1. The molecule has 1 unspecified atom stereocenters. The van der Waals surface area contributed by atoms with E-state index in [1.165, 1.54) is 0 Å². The number of halogens is 4. The molecule has 0 spiro atoms. The zero-order chi connectivity index (χ0) is 16.2. The minimum atomic E-state index is -4.47. The van der Waals surface area contributed by atoms with Crippen LogP contribution in [0.15, 0.2) is 15.4 Å². The lowest BCUT2D eigenvalue weighted by Gasteiger charge is -2.11. The van der Waals surface area contributed by atoms with Crippen LogP contribution in [0.4, 0.5) is 8.78 Å². The van der Waals surface area contributed by atoms with Gasteiger partial charge in [0.25, 0.3) is 15.0 Å². The fraction of sp³-hybridized carbons (Fsp3) is 0.417. The molecule has 1 atom stereocenters. The van der Waals surface area contributed by atoms with Crippen LogP contribution < -0.4 is 5.32 Å². The van der Waals surface area contributed by atoms with Crippen LogP contribution in [0.1, 0.15) is 30.6 Å². The second-order valence-corrected chi connectivity index (χ2v) is 8.87. The van der Waals surface area contributed by atoms with Gasteiger partial charge in [-0.25, -0.2) is 17.2 Å². The molecule has 0 bridgehead atoms. The molecule has 4 nitrogen and oxygen atoms in total. The third kappa shape index (κ3) is 3.22. The highest BCUT2D eigenvalue weighted by Crippen LogP contribution is 2.44. The Labute approximate surface area is 133 Å². The number of hydrogen-bond donors (Lipinski definition) is 1. The Morgan fingerprint density at radius 3 is 2.43 bits per heavy atom. The smallest absolute Gasteiger partial charge is 0.265 e. The van der Waals surface area contributed by atoms with E-state index in [0.717, 1.165) is 0 Å². The van der Waals surface area contributed by atoms with Crippen molar-refractivity contribution in [2.24, 2.45) is 5.41 Å². The average molecular weight is 403 g/mol. The molecule has 116 valence electrons. The maximum Gasteiger partial charge on any atom is 0.265 e. The van der Waals surface area contributed by atoms with E-state index in [1.807, 2.05) is 13.8 Å². The standard InChI is InChI=1S/C12H11BrClF2NO3S/c1-12(2)4-7(12)17-11(18)8-6(15)3-5(13)10(9(8)16)21(14,19)20/h3,7H,4H2,1-2H3,(H,17,18). The molecule has 0 aliphatic heterocycles. The molecule has 21 heavy (non-hydrogen) atoms. The molecule has 1 aliphatic rings. The van der Waals surface area contributed by atoms with Crippen molar-refractivity contribution in [3.8, 4) is 0 Å². The molecule has 0 radical (unpaired) electrons. The van der Waals surface area contributed by atoms with Crippen LogP contribution in [0.2, 0.25) is 0 Å². The second-order valence-electron chi connectivity index (χ2n) is 5.51. The summed E-state index contributed by atoms with van der Waals surface area (Å²) >= 11 is 2.72. The van der Waals surface area contributed by atoms with Gasteiger partial charge in [0.2, 0.25) is 0 Å². The normalized spacial score (nSPS) is 20.2. The number of rotatable bonds is 3. The Morgan fingerprint density at radius 1 is 1.48 bits per heavy atom. The van der Waals surface area contributed by atoms with Gasteiger partial charge in [-0.05, 0) is 33.8 Å². The van der Waals surface area contributed by atoms with Gasteiger partial charge in [0.1, 0.15) is 16.3 Å². The predicted molar refractivity (Wildman–Crippen MR) is 76.7 cm³/mol. The number of carbonyl (C=O) groups excluding carboxylic acids is 1. The fourth-order valence-corrected chi connectivity index (χ4v) is 4.30. The van der Waals surface area contributed by atoms with Crippen LogP contribution in [0.3, 0.4) is 0 Å². The molecule has 1 amide bonds. The van der Waals surface area contributed by atoms with Crippen LogP contribution in [-0.2, 0) is 9.05 Å². The summed E-state index contributed by atoms with van der Waals surface area (Å²) in [7, 11) is 0.641. The number of nitrogens with one attached hydrogen (secondary N) is 1. The third-order valence-corrected chi connectivity index (χ3v) is 5.66. The predicted octanol–water partition coefficient (Wildman–Crippen LogP) is 3.18. The largest absolute Gasteiger partial charge is 0.349 e. The van der Waals surface area contributed by atoms with E-state index < -0.39 is 37.1 Å². The minimum Gasteiger partial charge on any atom is -0.349 e. The van der Waals surface area contributed by atoms with Gasteiger partial charge in [-0.15, -0.1) is 0 Å². The molecule has 9 heteroatoms. The van der Waals surface area contributed by atoms with Gasteiger partial charge in [-0.2, -0.15) is 0 Å². The summed E-state index contributed by atoms with van der Waals surface area (Å²) in [4.78, 5) is 11.0. The Kier molecular flexibility index (Phi) is 4.10. The monoisotopic (exact) mass is 401 g/mol. The van der Waals surface area contributed by atoms with Gasteiger partial charge in [-0.3, -0.25) is 4.79 Å². The first-order valence-corrected chi connectivity index (χ1v) is 8.98. The van der Waals surface area contributed by atoms with Crippen molar-refractivity contribution in [2.45, 2.75) is 31.2 Å². The summed E-state index contributed by atoms with van der Waals surface area (Å²) in [5.74, 6) is -3.68. The van der Waals surface area contributed by atoms with Gasteiger partial charge in [0.05, 0.1) is 0 Å². The average Bonchev–Trinajstić information content (AvgIpc) is 2.81. The molecule has 1 aromatic rings. The molecule has 1 N–H and O–H groups in total. The van der Waals surface area contributed by atoms with Crippen molar-refractivity contribution >= 4 is 41.6 Å². The first-order chi connectivity index (χ1) is 9.45. The Bertz CT molecular complexity index is 737. The van der Waals surface area contributed by atoms with Gasteiger partial charge in [-0.1, -0.05) is 13.8 Å². The van der Waals surface area contributed by atoms with E-state index in [0.29, 0.717) is 12.5 Å². The van der Waals surface area contributed by atoms with Crippen molar-refractivity contribution in [3.63, 3.8) is 0 Å². The minimum absolute atomic E-state index is 0.140. The molecule has 1 aliphatic carbocycles. The number of hydrogen-bond acceptors (Lipinski definition) is 3.